The number of unbranched alkanes of at least 4 members (excludes halogenated alkanes) is 3. The van der Waals surface area contributed by atoms with Crippen molar-refractivity contribution in [2.45, 2.75) is 52.6 Å². The number of carbonyl (C=O) groups excluding carboxylic acids is 2. The highest BCUT2D eigenvalue weighted by atomic mass is 16.6. The molecule has 0 spiro atoms. The van der Waals surface area contributed by atoms with E-state index in [9.17, 15) is 19.7 Å². The van der Waals surface area contributed by atoms with Crippen molar-refractivity contribution in [3.05, 3.63) is 63.7 Å². The summed E-state index contributed by atoms with van der Waals surface area (Å²) in [5.74, 6) is -0.592. The Labute approximate surface area is 199 Å². The van der Waals surface area contributed by atoms with Gasteiger partial charge in [-0.05, 0) is 32.3 Å². The molecule has 0 radical (unpaired) electrons. The van der Waals surface area contributed by atoms with Gasteiger partial charge in [-0.15, -0.1) is 0 Å². The third kappa shape index (κ3) is 8.73. The number of nitro benzene ring substituents is 1. The number of nitrogens with zero attached hydrogens (tertiary/aromatic N) is 1. The Morgan fingerprint density at radius 2 is 1.56 bits per heavy atom. The first-order valence-electron chi connectivity index (χ1n) is 11.4. The van der Waals surface area contributed by atoms with Crippen LogP contribution in [0.5, 0.6) is 11.5 Å². The predicted octanol–water partition coefficient (Wildman–Crippen LogP) is 5.24. The molecule has 2 aromatic rings. The van der Waals surface area contributed by atoms with E-state index in [0.717, 1.165) is 24.8 Å². The molecule has 0 saturated heterocycles. The van der Waals surface area contributed by atoms with Gasteiger partial charge in [0.25, 0.3) is 5.69 Å². The molecule has 0 saturated carbocycles. The van der Waals surface area contributed by atoms with Crippen molar-refractivity contribution < 1.29 is 33.5 Å². The van der Waals surface area contributed by atoms with Gasteiger partial charge >= 0.3 is 11.9 Å². The molecule has 0 aliphatic carbocycles. The fraction of sp³-hybridized carbons (Fsp3) is 0.440. The first-order chi connectivity index (χ1) is 16.5. The number of hydrogen-bond donors (Lipinski definition) is 0. The number of rotatable bonds is 15. The van der Waals surface area contributed by atoms with Crippen molar-refractivity contribution in [2.24, 2.45) is 0 Å². The molecule has 0 aliphatic heterocycles. The summed E-state index contributed by atoms with van der Waals surface area (Å²) in [5.41, 5.74) is 0.281. The Balaban J connectivity index is 2.08. The summed E-state index contributed by atoms with van der Waals surface area (Å²) >= 11 is 0. The van der Waals surface area contributed by atoms with Gasteiger partial charge in [0.05, 0.1) is 30.8 Å². The maximum atomic E-state index is 12.3. The van der Waals surface area contributed by atoms with Crippen molar-refractivity contribution in [3.8, 4) is 11.5 Å². The lowest BCUT2D eigenvalue weighted by Crippen LogP contribution is -2.10. The average molecular weight is 474 g/mol. The first kappa shape index (κ1) is 26.6. The molecule has 0 bridgehead atoms. The Kier molecular flexibility index (Phi) is 11.4. The van der Waals surface area contributed by atoms with Crippen LogP contribution >= 0.6 is 0 Å². The standard InChI is InChI=1S/C25H31NO8/c1-3-31-24(27)14-10-5-6-11-15-33-22-16-20(25(28)32-4-2)21(26(29)30)17-23(22)34-18-19-12-8-7-9-13-19/h7-9,12-13,16-17H,3-6,10-11,14-15,18H2,1-2H3. The van der Waals surface area contributed by atoms with E-state index in [1.165, 1.54) is 12.1 Å². The van der Waals surface area contributed by atoms with Crippen molar-refractivity contribution in [3.63, 3.8) is 0 Å². The average Bonchev–Trinajstić information content (AvgIpc) is 2.83. The second-order valence-electron chi connectivity index (χ2n) is 7.39. The molecule has 9 nitrogen and oxygen atoms in total. The number of carbonyl (C=O) groups is 2. The molecule has 0 fully saturated rings. The van der Waals surface area contributed by atoms with Crippen LogP contribution in [-0.4, -0.2) is 36.7 Å². The number of ether oxygens (including phenoxy) is 4. The van der Waals surface area contributed by atoms with Gasteiger partial charge in [0, 0.05) is 12.5 Å². The monoisotopic (exact) mass is 473 g/mol. The molecule has 0 N–H and O–H groups in total. The topological polar surface area (TPSA) is 114 Å². The number of nitro groups is 1. The summed E-state index contributed by atoms with van der Waals surface area (Å²) in [6, 6.07) is 11.9. The molecule has 0 amide bonds. The quantitative estimate of drug-likeness (QED) is 0.149. The fourth-order valence-electron chi connectivity index (χ4n) is 3.17. The fourth-order valence-corrected chi connectivity index (χ4v) is 3.17. The molecular weight excluding hydrogens is 442 g/mol. The van der Waals surface area contributed by atoms with E-state index in [0.29, 0.717) is 26.1 Å². The van der Waals surface area contributed by atoms with Gasteiger partial charge in [-0.25, -0.2) is 4.79 Å². The minimum absolute atomic E-state index is 0.0875. The molecule has 0 heterocycles. The van der Waals surface area contributed by atoms with Crippen LogP contribution in [0.3, 0.4) is 0 Å². The summed E-state index contributed by atoms with van der Waals surface area (Å²) in [6.07, 6.45) is 3.49. The zero-order chi connectivity index (χ0) is 24.8. The summed E-state index contributed by atoms with van der Waals surface area (Å²) < 4.78 is 21.5. The van der Waals surface area contributed by atoms with Crippen LogP contribution in [0, 0.1) is 10.1 Å². The summed E-state index contributed by atoms with van der Waals surface area (Å²) in [7, 11) is 0. The SMILES string of the molecule is CCOC(=O)CCCCCCOc1cc(C(=O)OCC)c([N+](=O)[O-])cc1OCc1ccccc1. The van der Waals surface area contributed by atoms with Crippen LogP contribution in [0.15, 0.2) is 42.5 Å². The minimum Gasteiger partial charge on any atom is -0.490 e. The Bertz CT molecular complexity index is 945. The molecular formula is C25H31NO8. The van der Waals surface area contributed by atoms with Crippen LogP contribution in [0.2, 0.25) is 0 Å². The van der Waals surface area contributed by atoms with Gasteiger partial charge in [0.1, 0.15) is 12.2 Å². The summed E-state index contributed by atoms with van der Waals surface area (Å²) in [4.78, 5) is 34.6. The number of esters is 2. The third-order valence-corrected chi connectivity index (χ3v) is 4.83. The molecule has 184 valence electrons. The molecule has 0 unspecified atom stereocenters. The van der Waals surface area contributed by atoms with E-state index in [4.69, 9.17) is 18.9 Å². The van der Waals surface area contributed by atoms with Gasteiger partial charge in [0.15, 0.2) is 11.5 Å². The number of benzene rings is 2. The highest BCUT2D eigenvalue weighted by Crippen LogP contribution is 2.36. The maximum Gasteiger partial charge on any atom is 0.345 e. The minimum atomic E-state index is -0.798. The van der Waals surface area contributed by atoms with E-state index in [2.05, 4.69) is 0 Å². The molecule has 34 heavy (non-hydrogen) atoms. The zero-order valence-corrected chi connectivity index (χ0v) is 19.6. The lowest BCUT2D eigenvalue weighted by molar-refractivity contribution is -0.385. The highest BCUT2D eigenvalue weighted by Gasteiger charge is 2.26. The maximum absolute atomic E-state index is 12.3. The van der Waals surface area contributed by atoms with Crippen LogP contribution in [0.1, 0.15) is 61.9 Å². The predicted molar refractivity (Wildman–Crippen MR) is 125 cm³/mol. The van der Waals surface area contributed by atoms with Crippen LogP contribution in [0.25, 0.3) is 0 Å². The molecule has 0 atom stereocenters. The molecule has 0 aromatic heterocycles. The Morgan fingerprint density at radius 1 is 0.882 bits per heavy atom. The van der Waals surface area contributed by atoms with Crippen molar-refractivity contribution in [1.82, 2.24) is 0 Å². The highest BCUT2D eigenvalue weighted by molar-refractivity contribution is 5.95. The largest absolute Gasteiger partial charge is 0.490 e. The van der Waals surface area contributed by atoms with E-state index in [1.54, 1.807) is 13.8 Å². The van der Waals surface area contributed by atoms with E-state index >= 15 is 0 Å². The smallest absolute Gasteiger partial charge is 0.345 e. The molecule has 9 heteroatoms. The molecule has 2 aromatic carbocycles. The van der Waals surface area contributed by atoms with Crippen molar-refractivity contribution >= 4 is 17.6 Å². The number of hydrogen-bond acceptors (Lipinski definition) is 8. The summed E-state index contributed by atoms with van der Waals surface area (Å²) in [5, 5.41) is 11.6. The first-order valence-corrected chi connectivity index (χ1v) is 11.4. The van der Waals surface area contributed by atoms with E-state index in [-0.39, 0.29) is 36.2 Å². The molecule has 0 aliphatic rings. The van der Waals surface area contributed by atoms with Gasteiger partial charge in [0.2, 0.25) is 0 Å². The van der Waals surface area contributed by atoms with Crippen molar-refractivity contribution in [2.75, 3.05) is 19.8 Å². The van der Waals surface area contributed by atoms with Gasteiger partial charge in [-0.2, -0.15) is 0 Å². The molecule has 2 rings (SSSR count). The van der Waals surface area contributed by atoms with E-state index < -0.39 is 16.6 Å². The van der Waals surface area contributed by atoms with Crippen molar-refractivity contribution in [1.29, 1.82) is 0 Å². The Morgan fingerprint density at radius 3 is 2.24 bits per heavy atom. The van der Waals surface area contributed by atoms with Crippen LogP contribution < -0.4 is 9.47 Å². The summed E-state index contributed by atoms with van der Waals surface area (Å²) in [6.45, 7) is 4.37. The van der Waals surface area contributed by atoms with Crippen LogP contribution in [-0.2, 0) is 20.9 Å². The van der Waals surface area contributed by atoms with Gasteiger partial charge in [-0.3, -0.25) is 14.9 Å². The third-order valence-electron chi connectivity index (χ3n) is 4.83. The van der Waals surface area contributed by atoms with Gasteiger partial charge in [-0.1, -0.05) is 43.2 Å². The lowest BCUT2D eigenvalue weighted by atomic mass is 10.1. The second-order valence-corrected chi connectivity index (χ2v) is 7.39. The van der Waals surface area contributed by atoms with Crippen LogP contribution in [0.4, 0.5) is 5.69 Å². The zero-order valence-electron chi connectivity index (χ0n) is 19.6. The second kappa shape index (κ2) is 14.5. The lowest BCUT2D eigenvalue weighted by Gasteiger charge is -2.14. The van der Waals surface area contributed by atoms with Gasteiger partial charge < -0.3 is 18.9 Å². The normalized spacial score (nSPS) is 10.4. The van der Waals surface area contributed by atoms with E-state index in [1.807, 2.05) is 30.3 Å². The Hall–Kier alpha value is -3.62.